The van der Waals surface area contributed by atoms with Gasteiger partial charge in [-0.05, 0) is 0 Å². The predicted octanol–water partition coefficient (Wildman–Crippen LogP) is -7.07. The zero-order valence-electron chi connectivity index (χ0n) is 13.1. The van der Waals surface area contributed by atoms with Gasteiger partial charge < -0.3 is 52.4 Å². The SMILES string of the molecule is O.O.O.O.O.O.O.O.[Ba+2].[Ba+2].[H-].[H-].[H-].[H-].[H-].[H-].[Sr+2].[Ti].[Ti]. The number of hydrogen-bond donors (Lipinski definition) is 0. The van der Waals surface area contributed by atoms with E-state index in [0.717, 1.165) is 0 Å². The summed E-state index contributed by atoms with van der Waals surface area (Å²) in [7, 11) is 0. The predicted molar refractivity (Wildman–Crippen MR) is 52.8 cm³/mol. The van der Waals surface area contributed by atoms with Gasteiger partial charge >= 0.3 is 143 Å². The molecule has 0 saturated heterocycles. The van der Waals surface area contributed by atoms with E-state index in [4.69, 9.17) is 0 Å². The van der Waals surface area contributed by atoms with E-state index in [1.54, 1.807) is 0 Å². The van der Waals surface area contributed by atoms with Crippen LogP contribution in [0.5, 0.6) is 0 Å². The third-order valence-electron chi connectivity index (χ3n) is 0. The van der Waals surface area contributed by atoms with Crippen molar-refractivity contribution in [1.82, 2.24) is 0 Å². The third kappa shape index (κ3) is 134. The second kappa shape index (κ2) is 151. The molecule has 0 rings (SSSR count). The minimum atomic E-state index is 0. The molecule has 8 nitrogen and oxygen atoms in total. The quantitative estimate of drug-likeness (QED) is 0.233. The fourth-order valence-electron chi connectivity index (χ4n) is 0. The molecule has 0 aliphatic rings. The second-order valence-electron chi connectivity index (χ2n) is 0. The molecule has 0 atom stereocenters. The molecular weight excluding hydrogens is 586 g/mol. The summed E-state index contributed by atoms with van der Waals surface area (Å²) in [6, 6.07) is 0. The summed E-state index contributed by atoms with van der Waals surface area (Å²) in [5.74, 6) is 0. The summed E-state index contributed by atoms with van der Waals surface area (Å²) in [4.78, 5) is 0. The van der Waals surface area contributed by atoms with Gasteiger partial charge in [0.2, 0.25) is 0 Å². The Bertz CT molecular complexity index is 37.2. The molecule has 0 aliphatic carbocycles. The molecule has 13 heavy (non-hydrogen) atoms. The van der Waals surface area contributed by atoms with Gasteiger partial charge in [-0.15, -0.1) is 0 Å². The normalized spacial score (nSPS) is 0. The topological polar surface area (TPSA) is 252 Å². The van der Waals surface area contributed by atoms with Crippen LogP contribution in [0.2, 0.25) is 0 Å². The molecule has 0 aromatic rings. The zero-order valence-corrected chi connectivity index (χ0v) is 22.6. The third-order valence-corrected chi connectivity index (χ3v) is 0. The van der Waals surface area contributed by atoms with Crippen molar-refractivity contribution >= 4 is 143 Å². The minimum absolute atomic E-state index is 0. The Morgan fingerprint density at radius 3 is 0.385 bits per heavy atom. The first-order valence-electron chi connectivity index (χ1n) is 0. The van der Waals surface area contributed by atoms with E-state index < -0.39 is 0 Å². The summed E-state index contributed by atoms with van der Waals surface area (Å²) in [6.07, 6.45) is 0. The smallest absolute Gasteiger partial charge is 1.00 e. The minimum Gasteiger partial charge on any atom is -1.00 e. The molecule has 0 radical (unpaired) electrons. The van der Waals surface area contributed by atoms with E-state index in [1.165, 1.54) is 0 Å². The maximum atomic E-state index is 0. The Morgan fingerprint density at radius 1 is 0.385 bits per heavy atom. The fourth-order valence-corrected chi connectivity index (χ4v) is 0. The number of rotatable bonds is 0. The van der Waals surface area contributed by atoms with Crippen molar-refractivity contribution < 1.29 is 95.8 Å². The molecule has 0 fully saturated rings. The van der Waals surface area contributed by atoms with E-state index in [-0.39, 0.29) is 239 Å². The Labute approximate surface area is 233 Å². The van der Waals surface area contributed by atoms with Crippen molar-refractivity contribution in [2.75, 3.05) is 0 Å². The van der Waals surface area contributed by atoms with Crippen molar-refractivity contribution in [3.63, 3.8) is 0 Å². The van der Waals surface area contributed by atoms with Crippen LogP contribution in [0.4, 0.5) is 0 Å². The monoisotopic (exact) mass is 610 g/mol. The summed E-state index contributed by atoms with van der Waals surface area (Å²) in [6.45, 7) is 0. The van der Waals surface area contributed by atoms with Crippen LogP contribution in [0.25, 0.3) is 0 Å². The largest absolute Gasteiger partial charge is 2.00 e. The van der Waals surface area contributed by atoms with Crippen molar-refractivity contribution in [2.24, 2.45) is 0 Å². The summed E-state index contributed by atoms with van der Waals surface area (Å²) < 4.78 is 0. The molecule has 0 aromatic carbocycles. The number of hydrogen-bond acceptors (Lipinski definition) is 0. The zero-order chi connectivity index (χ0) is 0. The first kappa shape index (κ1) is 179. The van der Waals surface area contributed by atoms with Gasteiger partial charge in [0.1, 0.15) is 0 Å². The van der Waals surface area contributed by atoms with E-state index in [2.05, 4.69) is 0 Å². The van der Waals surface area contributed by atoms with E-state index >= 15 is 0 Å². The molecule has 0 heterocycles. The molecule has 0 bridgehead atoms. The van der Waals surface area contributed by atoms with Gasteiger partial charge in [-0.1, -0.05) is 0 Å². The van der Waals surface area contributed by atoms with Gasteiger partial charge in [0, 0.05) is 43.4 Å². The molecule has 0 aliphatic heterocycles. The first-order valence-corrected chi connectivity index (χ1v) is 0. The van der Waals surface area contributed by atoms with Crippen LogP contribution in [-0.4, -0.2) is 187 Å². The van der Waals surface area contributed by atoms with Crippen LogP contribution >= 0.6 is 0 Å². The van der Waals surface area contributed by atoms with Crippen LogP contribution in [0.1, 0.15) is 8.56 Å². The standard InChI is InChI=1S/2Ba.8H2O.Sr.2Ti.6H/h;;8*1H2;;;;;;;;;/q2*+2;;;;;;;;;+2;;;6*-1. The van der Waals surface area contributed by atoms with Gasteiger partial charge in [-0.3, -0.25) is 0 Å². The van der Waals surface area contributed by atoms with Gasteiger partial charge in [0.15, 0.2) is 0 Å². The van der Waals surface area contributed by atoms with Crippen LogP contribution in [0.15, 0.2) is 0 Å². The molecule has 0 saturated carbocycles. The van der Waals surface area contributed by atoms with Crippen molar-refractivity contribution in [3.8, 4) is 0 Å². The molecule has 0 amide bonds. The van der Waals surface area contributed by atoms with Crippen molar-refractivity contribution in [1.29, 1.82) is 0 Å². The van der Waals surface area contributed by atoms with Gasteiger partial charge in [0.25, 0.3) is 0 Å². The van der Waals surface area contributed by atoms with Crippen LogP contribution < -0.4 is 0 Å². The molecule has 13 heteroatoms. The molecule has 0 aromatic heterocycles. The average molecular weight is 608 g/mol. The van der Waals surface area contributed by atoms with Crippen LogP contribution in [0, 0.1) is 0 Å². The Kier molecular flexibility index (Phi) is 2080. The van der Waals surface area contributed by atoms with Crippen LogP contribution in [0.3, 0.4) is 0 Å². The van der Waals surface area contributed by atoms with Crippen molar-refractivity contribution in [2.45, 2.75) is 0 Å². The Balaban J connectivity index is 0. The molecular formula is H22Ba2O8SrTi2. The molecule has 0 unspecified atom stereocenters. The van der Waals surface area contributed by atoms with E-state index in [9.17, 15) is 0 Å². The van der Waals surface area contributed by atoms with Crippen molar-refractivity contribution in [3.05, 3.63) is 0 Å². The summed E-state index contributed by atoms with van der Waals surface area (Å²) >= 11 is 0. The molecule has 84 valence electrons. The van der Waals surface area contributed by atoms with Crippen LogP contribution in [-0.2, 0) is 43.4 Å². The maximum Gasteiger partial charge on any atom is 2.00 e. The molecule has 16 N–H and O–H groups in total. The maximum absolute atomic E-state index is 0. The van der Waals surface area contributed by atoms with Gasteiger partial charge in [-0.25, -0.2) is 0 Å². The van der Waals surface area contributed by atoms with E-state index in [1.807, 2.05) is 0 Å². The Hall–Kier alpha value is 5.73. The second-order valence-corrected chi connectivity index (χ2v) is 0. The van der Waals surface area contributed by atoms with E-state index in [0.29, 0.717) is 0 Å². The van der Waals surface area contributed by atoms with Gasteiger partial charge in [-0.2, -0.15) is 0 Å². The first-order chi connectivity index (χ1) is 0. The summed E-state index contributed by atoms with van der Waals surface area (Å²) in [5.41, 5.74) is 0. The average Bonchev–Trinajstić information content (AvgIpc) is 0. The van der Waals surface area contributed by atoms with Gasteiger partial charge in [0.05, 0.1) is 0 Å². The Morgan fingerprint density at radius 2 is 0.385 bits per heavy atom. The fraction of sp³-hybridized carbons (Fsp3) is 0. The molecule has 0 spiro atoms. The summed E-state index contributed by atoms with van der Waals surface area (Å²) in [5, 5.41) is 0.